The first kappa shape index (κ1) is 14.9. The van der Waals surface area contributed by atoms with Crippen molar-refractivity contribution in [3.05, 3.63) is 47.5 Å². The maximum atomic E-state index is 12.9. The van der Waals surface area contributed by atoms with E-state index in [1.807, 2.05) is 24.3 Å². The van der Waals surface area contributed by atoms with Gasteiger partial charge in [0.05, 0.1) is 12.2 Å². The van der Waals surface area contributed by atoms with E-state index in [-0.39, 0.29) is 11.9 Å². The van der Waals surface area contributed by atoms with Crippen molar-refractivity contribution < 1.29 is 4.79 Å². The molecule has 7 nitrogen and oxygen atoms in total. The largest absolute Gasteiger partial charge is 0.330 e. The summed E-state index contributed by atoms with van der Waals surface area (Å²) in [4.78, 5) is 27.6. The molecule has 24 heavy (non-hydrogen) atoms. The Labute approximate surface area is 143 Å². The second-order valence-corrected chi connectivity index (χ2v) is 6.57. The van der Waals surface area contributed by atoms with Crippen molar-refractivity contribution in [1.82, 2.24) is 29.6 Å². The average molecular weight is 340 g/mol. The lowest BCUT2D eigenvalue weighted by molar-refractivity contribution is 0.0730. The van der Waals surface area contributed by atoms with Crippen LogP contribution in [0.3, 0.4) is 0 Å². The van der Waals surface area contributed by atoms with Crippen LogP contribution >= 0.6 is 11.3 Å². The number of likely N-dealkylation sites (tertiary alicyclic amines) is 1. The lowest BCUT2D eigenvalue weighted by Crippen LogP contribution is -2.30. The van der Waals surface area contributed by atoms with Gasteiger partial charge in [-0.05, 0) is 18.9 Å². The molecular weight excluding hydrogens is 324 g/mol. The van der Waals surface area contributed by atoms with E-state index in [4.69, 9.17) is 0 Å². The normalized spacial score (nSPS) is 17.4. The molecule has 1 atom stereocenters. The van der Waals surface area contributed by atoms with E-state index in [0.29, 0.717) is 16.5 Å². The molecule has 0 aliphatic carbocycles. The van der Waals surface area contributed by atoms with Gasteiger partial charge in [0.2, 0.25) is 0 Å². The van der Waals surface area contributed by atoms with Gasteiger partial charge in [-0.3, -0.25) is 9.48 Å². The molecule has 3 aromatic heterocycles. The summed E-state index contributed by atoms with van der Waals surface area (Å²) in [6.45, 7) is 0.743. The van der Waals surface area contributed by atoms with Crippen molar-refractivity contribution >= 4 is 17.2 Å². The number of aromatic nitrogens is 5. The molecule has 3 aromatic rings. The van der Waals surface area contributed by atoms with Crippen LogP contribution in [-0.4, -0.2) is 42.1 Å². The van der Waals surface area contributed by atoms with Crippen LogP contribution in [-0.2, 0) is 7.05 Å². The molecule has 0 aromatic carbocycles. The molecule has 8 heteroatoms. The first-order valence-electron chi connectivity index (χ1n) is 7.75. The van der Waals surface area contributed by atoms with E-state index in [1.54, 1.807) is 28.5 Å². The highest BCUT2D eigenvalue weighted by Gasteiger charge is 2.32. The minimum Gasteiger partial charge on any atom is -0.330 e. The molecule has 0 radical (unpaired) electrons. The van der Waals surface area contributed by atoms with E-state index in [9.17, 15) is 4.79 Å². The van der Waals surface area contributed by atoms with Crippen molar-refractivity contribution in [2.24, 2.45) is 7.05 Å². The predicted octanol–water partition coefficient (Wildman–Crippen LogP) is 2.31. The molecule has 1 aliphatic rings. The summed E-state index contributed by atoms with van der Waals surface area (Å²) < 4.78 is 1.77. The molecule has 4 heterocycles. The number of hydrogen-bond donors (Lipinski definition) is 0. The topological polar surface area (TPSA) is 76.8 Å². The Hall–Kier alpha value is -2.61. The number of thiazole rings is 1. The minimum atomic E-state index is -0.0419. The summed E-state index contributed by atoms with van der Waals surface area (Å²) in [5.41, 5.74) is 1.53. The number of carbonyl (C=O) groups is 1. The lowest BCUT2D eigenvalue weighted by atomic mass is 10.1. The molecule has 0 bridgehead atoms. The van der Waals surface area contributed by atoms with Gasteiger partial charge < -0.3 is 4.90 Å². The van der Waals surface area contributed by atoms with Crippen molar-refractivity contribution in [2.45, 2.75) is 18.9 Å². The van der Waals surface area contributed by atoms with Crippen LogP contribution in [0.2, 0.25) is 0 Å². The second kappa shape index (κ2) is 6.12. The van der Waals surface area contributed by atoms with Gasteiger partial charge in [0.25, 0.3) is 5.91 Å². The van der Waals surface area contributed by atoms with Crippen molar-refractivity contribution in [3.8, 4) is 10.8 Å². The van der Waals surface area contributed by atoms with Gasteiger partial charge in [0.15, 0.2) is 10.8 Å². The zero-order valence-electron chi connectivity index (χ0n) is 13.2. The molecule has 0 saturated carbocycles. The summed E-state index contributed by atoms with van der Waals surface area (Å²) in [5, 5.41) is 6.67. The van der Waals surface area contributed by atoms with Crippen molar-refractivity contribution in [3.63, 3.8) is 0 Å². The lowest BCUT2D eigenvalue weighted by Gasteiger charge is -2.22. The quantitative estimate of drug-likeness (QED) is 0.731. The van der Waals surface area contributed by atoms with Crippen LogP contribution in [0.1, 0.15) is 34.9 Å². The molecular formula is C16H16N6OS. The predicted molar refractivity (Wildman–Crippen MR) is 89.4 cm³/mol. The first-order valence-corrected chi connectivity index (χ1v) is 8.63. The second-order valence-electron chi connectivity index (χ2n) is 5.71. The van der Waals surface area contributed by atoms with Crippen molar-refractivity contribution in [2.75, 3.05) is 6.54 Å². The summed E-state index contributed by atoms with van der Waals surface area (Å²) in [7, 11) is 1.89. The molecule has 122 valence electrons. The third-order valence-corrected chi connectivity index (χ3v) is 4.94. The molecule has 0 unspecified atom stereocenters. The maximum Gasteiger partial charge on any atom is 0.273 e. The summed E-state index contributed by atoms with van der Waals surface area (Å²) in [5.74, 6) is 0.506. The highest BCUT2D eigenvalue weighted by Crippen LogP contribution is 2.33. The van der Waals surface area contributed by atoms with Gasteiger partial charge in [-0.2, -0.15) is 5.10 Å². The summed E-state index contributed by atoms with van der Waals surface area (Å²) in [6.07, 6.45) is 9.09. The third-order valence-electron chi connectivity index (χ3n) is 4.10. The average Bonchev–Trinajstić information content (AvgIpc) is 3.35. The highest BCUT2D eigenvalue weighted by atomic mass is 32.1. The Morgan fingerprint density at radius 2 is 2.17 bits per heavy atom. The fraction of sp³-hybridized carbons (Fsp3) is 0.312. The highest BCUT2D eigenvalue weighted by molar-refractivity contribution is 7.13. The molecule has 0 N–H and O–H groups in total. The molecule has 1 amide bonds. The van der Waals surface area contributed by atoms with Gasteiger partial charge in [-0.25, -0.2) is 15.0 Å². The number of nitrogens with zero attached hydrogens (tertiary/aromatic N) is 6. The van der Waals surface area contributed by atoms with Crippen LogP contribution in [0.5, 0.6) is 0 Å². The summed E-state index contributed by atoms with van der Waals surface area (Å²) >= 11 is 1.39. The van der Waals surface area contributed by atoms with Crippen molar-refractivity contribution in [1.29, 1.82) is 0 Å². The number of rotatable bonds is 3. The Morgan fingerprint density at radius 3 is 2.92 bits per heavy atom. The maximum absolute atomic E-state index is 12.9. The van der Waals surface area contributed by atoms with E-state index in [2.05, 4.69) is 20.1 Å². The van der Waals surface area contributed by atoms with Gasteiger partial charge in [0.1, 0.15) is 5.69 Å². The van der Waals surface area contributed by atoms with Gasteiger partial charge in [0, 0.05) is 43.1 Å². The SMILES string of the molecule is Cn1cc([C@H]2CCCN2C(=O)c2csc(-c3ncccn3)n2)cn1. The van der Waals surface area contributed by atoms with Crippen LogP contribution in [0.25, 0.3) is 10.8 Å². The van der Waals surface area contributed by atoms with E-state index < -0.39 is 0 Å². The third kappa shape index (κ3) is 2.69. The fourth-order valence-corrected chi connectivity index (χ4v) is 3.74. The Bertz CT molecular complexity index is 858. The van der Waals surface area contributed by atoms with E-state index in [1.165, 1.54) is 11.3 Å². The van der Waals surface area contributed by atoms with Gasteiger partial charge >= 0.3 is 0 Å². The van der Waals surface area contributed by atoms with E-state index >= 15 is 0 Å². The van der Waals surface area contributed by atoms with Gasteiger partial charge in [-0.1, -0.05) is 0 Å². The van der Waals surface area contributed by atoms with Crippen LogP contribution in [0.15, 0.2) is 36.2 Å². The monoisotopic (exact) mass is 340 g/mol. The standard InChI is InChI=1S/C16H16N6OS/c1-21-9-11(8-19-21)13-4-2-7-22(13)16(23)12-10-24-15(20-12)14-17-5-3-6-18-14/h3,5-6,8-10,13H,2,4,7H2,1H3/t13-/m1/s1. The molecule has 0 spiro atoms. The van der Waals surface area contributed by atoms with E-state index in [0.717, 1.165) is 24.9 Å². The molecule has 1 aliphatic heterocycles. The Morgan fingerprint density at radius 1 is 1.33 bits per heavy atom. The van der Waals surface area contributed by atoms with Crippen LogP contribution in [0.4, 0.5) is 0 Å². The number of aryl methyl sites for hydroxylation is 1. The molecule has 1 fully saturated rings. The first-order chi connectivity index (χ1) is 11.7. The fourth-order valence-electron chi connectivity index (χ4n) is 3.00. The summed E-state index contributed by atoms with van der Waals surface area (Å²) in [6, 6.07) is 1.83. The van der Waals surface area contributed by atoms with Crippen LogP contribution in [0, 0.1) is 0 Å². The number of hydrogen-bond acceptors (Lipinski definition) is 6. The Kier molecular flexibility index (Phi) is 3.81. The zero-order chi connectivity index (χ0) is 16.5. The smallest absolute Gasteiger partial charge is 0.273 e. The molecule has 4 rings (SSSR count). The number of amides is 1. The minimum absolute atomic E-state index is 0.0419. The molecule has 1 saturated heterocycles. The van der Waals surface area contributed by atoms with Gasteiger partial charge in [-0.15, -0.1) is 11.3 Å². The van der Waals surface area contributed by atoms with Crippen LogP contribution < -0.4 is 0 Å². The number of carbonyl (C=O) groups excluding carboxylic acids is 1. The Balaban J connectivity index is 1.58. The zero-order valence-corrected chi connectivity index (χ0v) is 14.0.